The monoisotopic (exact) mass is 256 g/mol. The predicted molar refractivity (Wildman–Crippen MR) is 69.0 cm³/mol. The van der Waals surface area contributed by atoms with Crippen LogP contribution in [0.25, 0.3) is 5.57 Å². The summed E-state index contributed by atoms with van der Waals surface area (Å²) < 4.78 is 0. The van der Waals surface area contributed by atoms with Gasteiger partial charge in [-0.15, -0.1) is 12.4 Å². The van der Waals surface area contributed by atoms with Crippen LogP contribution in [0.5, 0.6) is 0 Å². The van der Waals surface area contributed by atoms with Crippen molar-refractivity contribution in [3.8, 4) is 0 Å². The minimum Gasteiger partial charge on any atom is -0.307 e. The molecular weight excluding hydrogens is 243 g/mol. The van der Waals surface area contributed by atoms with Gasteiger partial charge < -0.3 is 5.32 Å². The lowest BCUT2D eigenvalue weighted by molar-refractivity contribution is 0.574. The van der Waals surface area contributed by atoms with E-state index in [1.54, 1.807) is 0 Å². The van der Waals surface area contributed by atoms with Gasteiger partial charge in [0.2, 0.25) is 0 Å². The fraction of sp³-hybridized carbons (Fsp3) is 0.417. The molecule has 1 fully saturated rings. The van der Waals surface area contributed by atoms with Crippen molar-refractivity contribution in [1.82, 2.24) is 10.3 Å². The Balaban J connectivity index is 0.000000963. The predicted octanol–water partition coefficient (Wildman–Crippen LogP) is 3.06. The molecule has 1 aromatic rings. The highest BCUT2D eigenvalue weighted by atomic mass is 35.5. The summed E-state index contributed by atoms with van der Waals surface area (Å²) in [7, 11) is 0. The number of halogens is 2. The maximum Gasteiger partial charge on any atom is 0.129 e. The molecule has 1 aromatic heterocycles. The molecule has 1 saturated heterocycles. The van der Waals surface area contributed by atoms with Crippen LogP contribution >= 0.6 is 24.0 Å². The second kappa shape index (κ2) is 4.74. The minimum absolute atomic E-state index is 0. The molecule has 2 aliphatic rings. The molecule has 4 heteroatoms. The summed E-state index contributed by atoms with van der Waals surface area (Å²) in [6.45, 7) is 0. The number of aromatic nitrogens is 1. The molecule has 3 rings (SSSR count). The van der Waals surface area contributed by atoms with Gasteiger partial charge in [0, 0.05) is 12.1 Å². The number of rotatable bonds is 1. The maximum absolute atomic E-state index is 5.90. The summed E-state index contributed by atoms with van der Waals surface area (Å²) in [5.74, 6) is 0. The van der Waals surface area contributed by atoms with E-state index in [4.69, 9.17) is 11.6 Å². The first-order valence-electron chi connectivity index (χ1n) is 5.41. The molecule has 3 heterocycles. The molecule has 0 aromatic carbocycles. The second-order valence-electron chi connectivity index (χ2n) is 4.29. The van der Waals surface area contributed by atoms with Gasteiger partial charge in [-0.1, -0.05) is 23.7 Å². The molecule has 2 aliphatic heterocycles. The molecule has 0 aliphatic carbocycles. The van der Waals surface area contributed by atoms with Gasteiger partial charge in [-0.05, 0) is 37.0 Å². The summed E-state index contributed by atoms with van der Waals surface area (Å²) in [6.07, 6.45) is 5.94. The lowest BCUT2D eigenvalue weighted by Gasteiger charge is -2.20. The van der Waals surface area contributed by atoms with Crippen molar-refractivity contribution in [2.75, 3.05) is 0 Å². The third-order valence-electron chi connectivity index (χ3n) is 3.19. The smallest absolute Gasteiger partial charge is 0.129 e. The highest BCUT2D eigenvalue weighted by molar-refractivity contribution is 6.29. The first-order chi connectivity index (χ1) is 7.31. The van der Waals surface area contributed by atoms with Gasteiger partial charge in [-0.3, -0.25) is 0 Å². The summed E-state index contributed by atoms with van der Waals surface area (Å²) in [5.41, 5.74) is 2.39. The van der Waals surface area contributed by atoms with Crippen LogP contribution in [-0.4, -0.2) is 17.1 Å². The fourth-order valence-electron chi connectivity index (χ4n) is 2.50. The summed E-state index contributed by atoms with van der Waals surface area (Å²) in [6, 6.07) is 7.04. The van der Waals surface area contributed by atoms with Crippen molar-refractivity contribution in [3.63, 3.8) is 0 Å². The van der Waals surface area contributed by atoms with Crippen molar-refractivity contribution in [2.45, 2.75) is 31.3 Å². The zero-order valence-electron chi connectivity index (χ0n) is 8.82. The lowest BCUT2D eigenvalue weighted by atomic mass is 10.0. The third kappa shape index (κ3) is 2.24. The van der Waals surface area contributed by atoms with E-state index in [0.29, 0.717) is 17.2 Å². The number of pyridine rings is 1. The number of nitrogens with zero attached hydrogens (tertiary/aromatic N) is 1. The third-order valence-corrected chi connectivity index (χ3v) is 3.40. The van der Waals surface area contributed by atoms with Crippen molar-refractivity contribution in [1.29, 1.82) is 0 Å². The molecule has 0 saturated carbocycles. The Hall–Kier alpha value is -0.570. The molecule has 0 spiro atoms. The maximum atomic E-state index is 5.90. The van der Waals surface area contributed by atoms with Crippen molar-refractivity contribution < 1.29 is 0 Å². The lowest BCUT2D eigenvalue weighted by Crippen LogP contribution is -2.32. The number of fused-ring (bicyclic) bond motifs is 2. The fourth-order valence-corrected chi connectivity index (χ4v) is 2.66. The molecule has 0 radical (unpaired) electrons. The summed E-state index contributed by atoms with van der Waals surface area (Å²) in [4.78, 5) is 4.36. The molecule has 2 nitrogen and oxygen atoms in total. The topological polar surface area (TPSA) is 24.9 Å². The molecule has 0 amide bonds. The Labute approximate surface area is 107 Å². The van der Waals surface area contributed by atoms with Gasteiger partial charge in [-0.2, -0.15) is 0 Å². The van der Waals surface area contributed by atoms with E-state index in [9.17, 15) is 0 Å². The van der Waals surface area contributed by atoms with Crippen LogP contribution in [-0.2, 0) is 0 Å². The van der Waals surface area contributed by atoms with Crippen LogP contribution in [0.1, 0.15) is 25.0 Å². The van der Waals surface area contributed by atoms with E-state index >= 15 is 0 Å². The van der Waals surface area contributed by atoms with Gasteiger partial charge in [-0.25, -0.2) is 4.98 Å². The van der Waals surface area contributed by atoms with Crippen molar-refractivity contribution in [3.05, 3.63) is 35.1 Å². The minimum atomic E-state index is 0. The van der Waals surface area contributed by atoms with Gasteiger partial charge in [0.05, 0.1) is 5.69 Å². The zero-order chi connectivity index (χ0) is 10.3. The molecule has 86 valence electrons. The Bertz CT molecular complexity index is 417. The van der Waals surface area contributed by atoms with Gasteiger partial charge in [0.1, 0.15) is 5.15 Å². The number of nitrogens with one attached hydrogen (secondary N) is 1. The number of hydrogen-bond acceptors (Lipinski definition) is 2. The van der Waals surface area contributed by atoms with E-state index in [1.165, 1.54) is 18.4 Å². The van der Waals surface area contributed by atoms with Crippen molar-refractivity contribution >= 4 is 29.6 Å². The highest BCUT2D eigenvalue weighted by Gasteiger charge is 2.28. The van der Waals surface area contributed by atoms with Gasteiger partial charge in [0.15, 0.2) is 0 Å². The molecule has 16 heavy (non-hydrogen) atoms. The second-order valence-corrected chi connectivity index (χ2v) is 4.68. The van der Waals surface area contributed by atoms with Crippen LogP contribution in [0.15, 0.2) is 24.3 Å². The Kier molecular flexibility index (Phi) is 3.53. The largest absolute Gasteiger partial charge is 0.307 e. The SMILES string of the molecule is Cl.Clc1cccc(C2=CC3CCC(C2)N3)n1. The normalized spacial score (nSPS) is 27.2. The first kappa shape index (κ1) is 11.9. The van der Waals surface area contributed by atoms with Gasteiger partial charge in [0.25, 0.3) is 0 Å². The molecule has 1 N–H and O–H groups in total. The van der Waals surface area contributed by atoms with Crippen LogP contribution < -0.4 is 5.32 Å². The Morgan fingerprint density at radius 1 is 1.31 bits per heavy atom. The Morgan fingerprint density at radius 2 is 2.19 bits per heavy atom. The average Bonchev–Trinajstić information content (AvgIpc) is 2.58. The van der Waals surface area contributed by atoms with E-state index in [-0.39, 0.29) is 12.4 Å². The van der Waals surface area contributed by atoms with E-state index < -0.39 is 0 Å². The van der Waals surface area contributed by atoms with Crippen LogP contribution in [0.2, 0.25) is 5.15 Å². The van der Waals surface area contributed by atoms with E-state index in [1.807, 2.05) is 18.2 Å². The highest BCUT2D eigenvalue weighted by Crippen LogP contribution is 2.31. The van der Waals surface area contributed by atoms with Crippen LogP contribution in [0.4, 0.5) is 0 Å². The van der Waals surface area contributed by atoms with Crippen molar-refractivity contribution in [2.24, 2.45) is 0 Å². The quantitative estimate of drug-likeness (QED) is 0.782. The standard InChI is InChI=1S/C12H13ClN2.ClH/c13-12-3-1-2-11(15-12)8-6-9-4-5-10(7-8)14-9;/h1-3,6,9-10,14H,4-5,7H2;1H. The average molecular weight is 257 g/mol. The van der Waals surface area contributed by atoms with Gasteiger partial charge >= 0.3 is 0 Å². The summed E-state index contributed by atoms with van der Waals surface area (Å²) >= 11 is 5.90. The molecule has 2 unspecified atom stereocenters. The Morgan fingerprint density at radius 3 is 2.94 bits per heavy atom. The molecule has 2 atom stereocenters. The first-order valence-corrected chi connectivity index (χ1v) is 5.79. The number of hydrogen-bond donors (Lipinski definition) is 1. The zero-order valence-corrected chi connectivity index (χ0v) is 10.4. The van der Waals surface area contributed by atoms with Crippen LogP contribution in [0, 0.1) is 0 Å². The van der Waals surface area contributed by atoms with Crippen LogP contribution in [0.3, 0.4) is 0 Å². The molecular formula is C12H14Cl2N2. The molecule has 2 bridgehead atoms. The van der Waals surface area contributed by atoms with E-state index in [2.05, 4.69) is 16.4 Å². The summed E-state index contributed by atoms with van der Waals surface area (Å²) in [5, 5.41) is 4.15. The van der Waals surface area contributed by atoms with E-state index in [0.717, 1.165) is 12.1 Å².